The maximum absolute atomic E-state index is 5.92. The lowest BCUT2D eigenvalue weighted by atomic mass is 10.2. The predicted octanol–water partition coefficient (Wildman–Crippen LogP) is 4.29. The molecule has 0 N–H and O–H groups in total. The molecule has 0 fully saturated rings. The number of aryl methyl sites for hydroxylation is 1. The smallest absolute Gasteiger partial charge is 0.197 e. The Labute approximate surface area is 146 Å². The van der Waals surface area contributed by atoms with E-state index in [4.69, 9.17) is 14.5 Å². The van der Waals surface area contributed by atoms with Gasteiger partial charge in [0.15, 0.2) is 17.9 Å². The summed E-state index contributed by atoms with van der Waals surface area (Å²) >= 11 is 1.60. The number of hydrogen-bond donors (Lipinski definition) is 0. The Kier molecular flexibility index (Phi) is 5.06. The van der Waals surface area contributed by atoms with E-state index in [0.717, 1.165) is 33.9 Å². The average Bonchev–Trinajstić information content (AvgIpc) is 2.95. The van der Waals surface area contributed by atoms with Crippen LogP contribution in [0.2, 0.25) is 0 Å². The van der Waals surface area contributed by atoms with Crippen molar-refractivity contribution in [3.8, 4) is 17.3 Å². The summed E-state index contributed by atoms with van der Waals surface area (Å²) in [6.45, 7) is 6.48. The van der Waals surface area contributed by atoms with E-state index in [9.17, 15) is 0 Å². The minimum Gasteiger partial charge on any atom is -0.463 e. The second kappa shape index (κ2) is 7.23. The van der Waals surface area contributed by atoms with Gasteiger partial charge in [-0.3, -0.25) is 8.96 Å². The van der Waals surface area contributed by atoms with Gasteiger partial charge in [-0.05, 0) is 56.5 Å². The van der Waals surface area contributed by atoms with Crippen LogP contribution in [-0.2, 0) is 4.74 Å². The molecule has 0 amide bonds. The summed E-state index contributed by atoms with van der Waals surface area (Å²) in [5.74, 6) is 1.55. The lowest BCUT2D eigenvalue weighted by molar-refractivity contribution is -0.0605. The van der Waals surface area contributed by atoms with Gasteiger partial charge in [0.2, 0.25) is 0 Å². The van der Waals surface area contributed by atoms with Crippen molar-refractivity contribution in [2.75, 3.05) is 12.9 Å². The number of fused-ring (bicyclic) bond motifs is 1. The highest BCUT2D eigenvalue weighted by Gasteiger charge is 2.18. The molecule has 2 aromatic heterocycles. The van der Waals surface area contributed by atoms with Crippen molar-refractivity contribution in [1.29, 1.82) is 0 Å². The molecule has 0 aliphatic heterocycles. The highest BCUT2D eigenvalue weighted by molar-refractivity contribution is 7.97. The molecule has 126 valence electrons. The Morgan fingerprint density at radius 1 is 1.25 bits per heavy atom. The minimum absolute atomic E-state index is 0.319. The second-order valence-corrected chi connectivity index (χ2v) is 6.08. The van der Waals surface area contributed by atoms with Crippen LogP contribution in [0, 0.1) is 6.92 Å². The molecule has 0 aliphatic carbocycles. The summed E-state index contributed by atoms with van der Waals surface area (Å²) < 4.78 is 13.5. The van der Waals surface area contributed by atoms with Crippen LogP contribution in [0.4, 0.5) is 0 Å². The Morgan fingerprint density at radius 2 is 2.08 bits per heavy atom. The number of pyridine rings is 1. The molecule has 2 heterocycles. The zero-order valence-electron chi connectivity index (χ0n) is 14.3. The summed E-state index contributed by atoms with van der Waals surface area (Å²) in [6, 6.07) is 9.91. The summed E-state index contributed by atoms with van der Waals surface area (Å²) in [5, 5.41) is 0. The van der Waals surface area contributed by atoms with Crippen molar-refractivity contribution in [2.45, 2.75) is 27.1 Å². The fourth-order valence-corrected chi connectivity index (χ4v) is 3.29. The number of benzene rings is 1. The number of hydrogen-bond acceptors (Lipinski definition) is 5. The second-order valence-electron chi connectivity index (χ2n) is 5.35. The fraction of sp³-hybridized carbons (Fsp3) is 0.333. The van der Waals surface area contributed by atoms with Crippen molar-refractivity contribution in [3.63, 3.8) is 0 Å². The molecule has 3 rings (SSSR count). The molecule has 0 saturated heterocycles. The average molecular weight is 343 g/mol. The highest BCUT2D eigenvalue weighted by Crippen LogP contribution is 2.33. The maximum Gasteiger partial charge on any atom is 0.197 e. The first kappa shape index (κ1) is 16.8. The SMILES string of the molecule is CCOC(C)Oc1cccc2c1nc(-c1ncccc1C)n2SC. The third-order valence-electron chi connectivity index (χ3n) is 3.70. The largest absolute Gasteiger partial charge is 0.463 e. The predicted molar refractivity (Wildman–Crippen MR) is 98.3 cm³/mol. The first-order valence-corrected chi connectivity index (χ1v) is 9.10. The first-order chi connectivity index (χ1) is 11.7. The number of rotatable bonds is 6. The van der Waals surface area contributed by atoms with E-state index < -0.39 is 0 Å². The number of aromatic nitrogens is 3. The van der Waals surface area contributed by atoms with Gasteiger partial charge in [-0.2, -0.15) is 0 Å². The molecule has 0 radical (unpaired) electrons. The van der Waals surface area contributed by atoms with E-state index >= 15 is 0 Å². The zero-order chi connectivity index (χ0) is 17.1. The zero-order valence-corrected chi connectivity index (χ0v) is 15.1. The molecule has 1 atom stereocenters. The van der Waals surface area contributed by atoms with Crippen LogP contribution < -0.4 is 4.74 Å². The van der Waals surface area contributed by atoms with E-state index in [1.165, 1.54) is 0 Å². The van der Waals surface area contributed by atoms with E-state index in [0.29, 0.717) is 6.61 Å². The van der Waals surface area contributed by atoms with Gasteiger partial charge in [0.05, 0.1) is 5.52 Å². The molecule has 1 unspecified atom stereocenters. The topological polar surface area (TPSA) is 49.2 Å². The van der Waals surface area contributed by atoms with Crippen LogP contribution in [0.1, 0.15) is 19.4 Å². The van der Waals surface area contributed by atoms with Crippen LogP contribution in [-0.4, -0.2) is 33.1 Å². The molecule has 0 aliphatic rings. The summed E-state index contributed by atoms with van der Waals surface area (Å²) in [4.78, 5) is 9.34. The Morgan fingerprint density at radius 3 is 2.79 bits per heavy atom. The minimum atomic E-state index is -0.319. The lowest BCUT2D eigenvalue weighted by Gasteiger charge is -2.14. The van der Waals surface area contributed by atoms with Gasteiger partial charge in [0.1, 0.15) is 11.2 Å². The van der Waals surface area contributed by atoms with Crippen LogP contribution in [0.5, 0.6) is 5.75 Å². The quantitative estimate of drug-likeness (QED) is 0.625. The molecule has 24 heavy (non-hydrogen) atoms. The normalized spacial score (nSPS) is 12.5. The standard InChI is InChI=1S/C18H21N3O2S/c1-5-22-13(3)23-15-10-6-9-14-17(15)20-18(21(14)24-4)16-12(2)8-7-11-19-16/h6-11,13H,5H2,1-4H3. The van der Waals surface area contributed by atoms with Gasteiger partial charge >= 0.3 is 0 Å². The number of ether oxygens (including phenoxy) is 2. The maximum atomic E-state index is 5.92. The molecule has 1 aromatic carbocycles. The molecule has 0 spiro atoms. The van der Waals surface area contributed by atoms with Gasteiger partial charge < -0.3 is 9.47 Å². The molecule has 0 saturated carbocycles. The van der Waals surface area contributed by atoms with E-state index in [1.807, 2.05) is 57.4 Å². The van der Waals surface area contributed by atoms with Gasteiger partial charge in [-0.1, -0.05) is 12.1 Å². The number of para-hydroxylation sites is 1. The highest BCUT2D eigenvalue weighted by atomic mass is 32.2. The molecule has 0 bridgehead atoms. The van der Waals surface area contributed by atoms with Crippen LogP contribution >= 0.6 is 11.9 Å². The summed E-state index contributed by atoms with van der Waals surface area (Å²) in [7, 11) is 0. The Bertz CT molecular complexity index is 847. The van der Waals surface area contributed by atoms with E-state index in [1.54, 1.807) is 18.1 Å². The third kappa shape index (κ3) is 3.12. The molecular formula is C18H21N3O2S. The molecule has 6 heteroatoms. The molecule has 3 aromatic rings. The lowest BCUT2D eigenvalue weighted by Crippen LogP contribution is -2.16. The number of imidazole rings is 1. The van der Waals surface area contributed by atoms with Crippen molar-refractivity contribution in [1.82, 2.24) is 13.9 Å². The van der Waals surface area contributed by atoms with Gasteiger partial charge in [-0.15, -0.1) is 0 Å². The summed E-state index contributed by atoms with van der Waals surface area (Å²) in [5.41, 5.74) is 3.79. The van der Waals surface area contributed by atoms with Crippen molar-refractivity contribution >= 4 is 23.0 Å². The van der Waals surface area contributed by atoms with Crippen molar-refractivity contribution in [2.24, 2.45) is 0 Å². The Balaban J connectivity index is 2.14. The number of nitrogens with zero attached hydrogens (tertiary/aromatic N) is 3. The summed E-state index contributed by atoms with van der Waals surface area (Å²) in [6.07, 6.45) is 3.50. The fourth-order valence-electron chi connectivity index (χ4n) is 2.65. The first-order valence-electron chi connectivity index (χ1n) is 7.92. The van der Waals surface area contributed by atoms with E-state index in [2.05, 4.69) is 8.96 Å². The van der Waals surface area contributed by atoms with E-state index in [-0.39, 0.29) is 6.29 Å². The van der Waals surface area contributed by atoms with Gasteiger partial charge in [0, 0.05) is 19.1 Å². The molecule has 5 nitrogen and oxygen atoms in total. The van der Waals surface area contributed by atoms with Gasteiger partial charge in [-0.25, -0.2) is 4.98 Å². The Hall–Kier alpha value is -2.05. The van der Waals surface area contributed by atoms with Crippen LogP contribution in [0.3, 0.4) is 0 Å². The monoisotopic (exact) mass is 343 g/mol. The van der Waals surface area contributed by atoms with Gasteiger partial charge in [0.25, 0.3) is 0 Å². The van der Waals surface area contributed by atoms with Crippen LogP contribution in [0.15, 0.2) is 36.5 Å². The van der Waals surface area contributed by atoms with Crippen LogP contribution in [0.25, 0.3) is 22.6 Å². The van der Waals surface area contributed by atoms with Crippen molar-refractivity contribution in [3.05, 3.63) is 42.1 Å². The van der Waals surface area contributed by atoms with Crippen molar-refractivity contribution < 1.29 is 9.47 Å². The molecular weight excluding hydrogens is 322 g/mol. The third-order valence-corrected chi connectivity index (χ3v) is 4.44.